The number of rotatable bonds is 5. The second-order valence-electron chi connectivity index (χ2n) is 6.22. The summed E-state index contributed by atoms with van der Waals surface area (Å²) in [6.07, 6.45) is 0.412. The fraction of sp³-hybridized carbons (Fsp3) is 0.143. The van der Waals surface area contributed by atoms with Gasteiger partial charge in [-0.25, -0.2) is 14.3 Å². The number of aromatic nitrogens is 4. The fourth-order valence-electron chi connectivity index (χ4n) is 2.81. The van der Waals surface area contributed by atoms with Crippen molar-refractivity contribution in [3.05, 3.63) is 71.8 Å². The number of anilines is 1. The maximum Gasteiger partial charge on any atom is 0.426 e. The first-order valence-electron chi connectivity index (χ1n) is 10.3. The summed E-state index contributed by atoms with van der Waals surface area (Å²) >= 11 is 6.11. The van der Waals surface area contributed by atoms with Gasteiger partial charge in [-0.05, 0) is 41.4 Å². The van der Waals surface area contributed by atoms with E-state index in [1.54, 1.807) is 61.7 Å². The Morgan fingerprint density at radius 2 is 1.90 bits per heavy atom. The van der Waals surface area contributed by atoms with Crippen molar-refractivity contribution in [1.29, 1.82) is 0 Å². The van der Waals surface area contributed by atoms with Gasteiger partial charge in [0.25, 0.3) is 0 Å². The molecule has 0 unspecified atom stereocenters. The van der Waals surface area contributed by atoms with Crippen LogP contribution < -0.4 is 14.4 Å². The molecule has 0 aliphatic heterocycles. The fourth-order valence-corrected chi connectivity index (χ4v) is 2.97. The number of hydrogen-bond acceptors (Lipinski definition) is 7. The third-order valence-corrected chi connectivity index (χ3v) is 4.42. The van der Waals surface area contributed by atoms with E-state index in [-0.39, 0.29) is 28.8 Å². The molecule has 2 aromatic carbocycles. The van der Waals surface area contributed by atoms with Gasteiger partial charge < -0.3 is 14.4 Å². The van der Waals surface area contributed by atoms with Crippen LogP contribution in [0.5, 0.6) is 11.5 Å². The lowest BCUT2D eigenvalue weighted by atomic mass is 10.2. The molecule has 0 fully saturated rings. The number of benzene rings is 2. The average molecular weight is 427 g/mol. The highest BCUT2D eigenvalue weighted by atomic mass is 35.5. The van der Waals surface area contributed by atoms with Crippen LogP contribution >= 0.6 is 11.6 Å². The molecule has 0 bridgehead atoms. The number of nitrogens with zero attached hydrogens (tertiary/aromatic N) is 5. The Balaban J connectivity index is 1.74. The van der Waals surface area contributed by atoms with Crippen LogP contribution in [0.25, 0.3) is 11.2 Å². The Kier molecular flexibility index (Phi) is 4.52. The highest BCUT2D eigenvalue weighted by molar-refractivity contribution is 6.28. The van der Waals surface area contributed by atoms with E-state index in [0.29, 0.717) is 17.1 Å². The summed E-state index contributed by atoms with van der Waals surface area (Å²) in [6.45, 7) is -2.61. The largest absolute Gasteiger partial charge is 0.497 e. The van der Waals surface area contributed by atoms with E-state index in [0.717, 1.165) is 9.47 Å². The second kappa shape index (κ2) is 8.38. The molecule has 0 saturated carbocycles. The molecule has 152 valence electrons. The van der Waals surface area contributed by atoms with Crippen LogP contribution in [0.4, 0.5) is 10.6 Å². The molecule has 0 radical (unpaired) electrons. The van der Waals surface area contributed by atoms with Gasteiger partial charge in [-0.2, -0.15) is 9.97 Å². The van der Waals surface area contributed by atoms with Crippen LogP contribution in [0, 0.1) is 0 Å². The summed E-state index contributed by atoms with van der Waals surface area (Å²) in [5, 5.41) is -0.240. The van der Waals surface area contributed by atoms with Gasteiger partial charge in [-0.3, -0.25) is 0 Å². The molecule has 8 nitrogen and oxygen atoms in total. The van der Waals surface area contributed by atoms with Gasteiger partial charge in [0.1, 0.15) is 17.8 Å². The molecule has 0 saturated heterocycles. The van der Waals surface area contributed by atoms with Crippen molar-refractivity contribution in [3.8, 4) is 11.5 Å². The maximum absolute atomic E-state index is 12.7. The predicted molar refractivity (Wildman–Crippen MR) is 113 cm³/mol. The number of ether oxygens (including phenoxy) is 2. The van der Waals surface area contributed by atoms with Crippen molar-refractivity contribution in [2.75, 3.05) is 19.0 Å². The lowest BCUT2D eigenvalue weighted by Gasteiger charge is -2.18. The summed E-state index contributed by atoms with van der Waals surface area (Å²) in [4.78, 5) is 26.2. The van der Waals surface area contributed by atoms with Crippen LogP contribution in [-0.4, -0.2) is 39.7 Å². The van der Waals surface area contributed by atoms with Crippen molar-refractivity contribution in [2.24, 2.45) is 0 Å². The van der Waals surface area contributed by atoms with Gasteiger partial charge in [0, 0.05) is 17.6 Å². The highest BCUT2D eigenvalue weighted by Crippen LogP contribution is 2.25. The molecule has 0 aliphatic carbocycles. The summed E-state index contributed by atoms with van der Waals surface area (Å²) in [5.74, 6) is 0.933. The molecule has 2 heterocycles. The summed E-state index contributed by atoms with van der Waals surface area (Å²) < 4.78 is 35.7. The molecule has 0 spiro atoms. The van der Waals surface area contributed by atoms with E-state index < -0.39 is 13.1 Å². The van der Waals surface area contributed by atoms with E-state index in [9.17, 15) is 4.79 Å². The zero-order chi connectivity index (χ0) is 23.6. The number of fused-ring (bicyclic) bond motifs is 1. The number of hydrogen-bond donors (Lipinski definition) is 0. The highest BCUT2D eigenvalue weighted by Gasteiger charge is 2.20. The number of carbonyl (C=O) groups is 1. The van der Waals surface area contributed by atoms with Gasteiger partial charge in [-0.15, -0.1) is 0 Å². The van der Waals surface area contributed by atoms with E-state index in [1.807, 2.05) is 0 Å². The minimum absolute atomic E-state index is 0.0231. The Hall–Kier alpha value is -3.65. The first-order chi connectivity index (χ1) is 15.8. The van der Waals surface area contributed by atoms with Crippen LogP contribution in [0.1, 0.15) is 9.68 Å². The smallest absolute Gasteiger partial charge is 0.426 e. The molecule has 4 aromatic rings. The van der Waals surface area contributed by atoms with Crippen molar-refractivity contribution < 1.29 is 18.4 Å². The molecule has 0 aliphatic rings. The standard InChI is InChI=1S/C21H18ClN5O3/c1-26(12-14-8-10-15(29-2)11-9-14)18-17-19(25-20(22)24-18)27(13-23-17)21(28)30-16-6-4-3-5-7-16/h3-11,13H,12H2,1-2H3/i1D3. The molecular formula is C21H18ClN5O3. The summed E-state index contributed by atoms with van der Waals surface area (Å²) in [5.41, 5.74) is 0.807. The number of halogens is 1. The van der Waals surface area contributed by atoms with Gasteiger partial charge >= 0.3 is 6.09 Å². The van der Waals surface area contributed by atoms with Gasteiger partial charge in [-0.1, -0.05) is 30.3 Å². The number of methoxy groups -OCH3 is 1. The molecule has 2 aromatic heterocycles. The Morgan fingerprint density at radius 1 is 1.13 bits per heavy atom. The molecule has 0 amide bonds. The summed E-state index contributed by atoms with van der Waals surface area (Å²) in [6, 6.07) is 15.4. The van der Waals surface area contributed by atoms with Crippen LogP contribution in [0.2, 0.25) is 5.28 Å². The number of carbonyl (C=O) groups excluding carboxylic acids is 1. The van der Waals surface area contributed by atoms with Gasteiger partial charge in [0.05, 0.1) is 7.11 Å². The number of para-hydroxylation sites is 1. The van der Waals surface area contributed by atoms with Gasteiger partial charge in [0.2, 0.25) is 5.28 Å². The molecule has 30 heavy (non-hydrogen) atoms. The van der Waals surface area contributed by atoms with Crippen LogP contribution in [-0.2, 0) is 6.54 Å². The lowest BCUT2D eigenvalue weighted by molar-refractivity contribution is 0.203. The predicted octanol–water partition coefficient (Wildman–Crippen LogP) is 4.17. The third-order valence-electron chi connectivity index (χ3n) is 4.25. The van der Waals surface area contributed by atoms with Crippen LogP contribution in [0.15, 0.2) is 60.9 Å². The topological polar surface area (TPSA) is 82.4 Å². The van der Waals surface area contributed by atoms with Crippen molar-refractivity contribution in [3.63, 3.8) is 0 Å². The van der Waals surface area contributed by atoms with Crippen molar-refractivity contribution in [1.82, 2.24) is 19.5 Å². The summed E-state index contributed by atoms with van der Waals surface area (Å²) in [7, 11) is 1.54. The van der Waals surface area contributed by atoms with Crippen molar-refractivity contribution >= 4 is 34.7 Å². The van der Waals surface area contributed by atoms with E-state index in [1.165, 1.54) is 6.33 Å². The quantitative estimate of drug-likeness (QED) is 0.443. The molecule has 0 N–H and O–H groups in total. The van der Waals surface area contributed by atoms with E-state index in [4.69, 9.17) is 25.2 Å². The Labute approximate surface area is 181 Å². The van der Waals surface area contributed by atoms with Gasteiger partial charge in [0.15, 0.2) is 17.0 Å². The monoisotopic (exact) mass is 426 g/mol. The first-order valence-corrected chi connectivity index (χ1v) is 9.22. The molecule has 9 heteroatoms. The maximum atomic E-state index is 12.7. The average Bonchev–Trinajstić information content (AvgIpc) is 3.21. The minimum atomic E-state index is -2.58. The molecule has 4 rings (SSSR count). The molecule has 0 atom stereocenters. The molecular weight excluding hydrogens is 406 g/mol. The second-order valence-corrected chi connectivity index (χ2v) is 6.56. The first kappa shape index (κ1) is 16.2. The zero-order valence-corrected chi connectivity index (χ0v) is 16.6. The number of imidazole rings is 1. The Bertz CT molecular complexity index is 1280. The van der Waals surface area contributed by atoms with Crippen molar-refractivity contribution in [2.45, 2.75) is 6.54 Å². The minimum Gasteiger partial charge on any atom is -0.497 e. The van der Waals surface area contributed by atoms with Crippen LogP contribution in [0.3, 0.4) is 0 Å². The van der Waals surface area contributed by atoms with E-state index >= 15 is 0 Å². The van der Waals surface area contributed by atoms with E-state index in [2.05, 4.69) is 15.0 Å². The SMILES string of the molecule is [2H]C([2H])([2H])N(Cc1ccc(OC)cc1)c1nc(Cl)nc2c1ncn2C(=O)Oc1ccccc1. The zero-order valence-electron chi connectivity index (χ0n) is 18.8. The Morgan fingerprint density at radius 3 is 2.60 bits per heavy atom. The normalized spacial score (nSPS) is 12.7. The lowest BCUT2D eigenvalue weighted by Crippen LogP contribution is -2.19. The third kappa shape index (κ3) is 4.04.